The van der Waals surface area contributed by atoms with Gasteiger partial charge in [-0.25, -0.2) is 0 Å². The van der Waals surface area contributed by atoms with Gasteiger partial charge < -0.3 is 9.26 Å². The summed E-state index contributed by atoms with van der Waals surface area (Å²) in [6.07, 6.45) is 3.61. The minimum Gasteiger partial charge on any atom is -0.497 e. The largest absolute Gasteiger partial charge is 0.497 e. The number of benzene rings is 1. The molecule has 0 aliphatic carbocycles. The van der Waals surface area contributed by atoms with Crippen LogP contribution in [-0.4, -0.2) is 33.7 Å². The molecule has 0 bridgehead atoms. The fraction of sp³-hybridized carbons (Fsp3) is 0.278. The van der Waals surface area contributed by atoms with Crippen LogP contribution in [-0.2, 0) is 13.1 Å². The van der Waals surface area contributed by atoms with Crippen molar-refractivity contribution in [2.75, 3.05) is 13.7 Å². The fourth-order valence-electron chi connectivity index (χ4n) is 2.39. The molecule has 0 aliphatic heterocycles. The van der Waals surface area contributed by atoms with E-state index in [1.807, 2.05) is 36.4 Å². The van der Waals surface area contributed by atoms with Crippen LogP contribution in [0.2, 0.25) is 0 Å². The molecule has 0 amide bonds. The Bertz CT molecular complexity index is 756. The molecule has 1 aromatic carbocycles. The van der Waals surface area contributed by atoms with Gasteiger partial charge in [0.1, 0.15) is 5.75 Å². The lowest BCUT2D eigenvalue weighted by molar-refractivity contribution is 0.229. The van der Waals surface area contributed by atoms with Crippen molar-refractivity contribution in [2.45, 2.75) is 20.0 Å². The second kappa shape index (κ2) is 7.70. The van der Waals surface area contributed by atoms with E-state index in [4.69, 9.17) is 9.26 Å². The Balaban J connectivity index is 1.67. The molecule has 0 unspecified atom stereocenters. The van der Waals surface area contributed by atoms with E-state index in [0.717, 1.165) is 24.4 Å². The zero-order chi connectivity index (χ0) is 16.8. The van der Waals surface area contributed by atoms with Crippen molar-refractivity contribution < 1.29 is 9.26 Å². The normalized spacial score (nSPS) is 11.0. The third-order valence-corrected chi connectivity index (χ3v) is 3.78. The van der Waals surface area contributed by atoms with Crippen molar-refractivity contribution in [3.63, 3.8) is 0 Å². The number of hydrogen-bond acceptors (Lipinski definition) is 6. The summed E-state index contributed by atoms with van der Waals surface area (Å²) in [7, 11) is 1.64. The van der Waals surface area contributed by atoms with Gasteiger partial charge in [-0.1, -0.05) is 12.1 Å². The van der Waals surface area contributed by atoms with Crippen molar-refractivity contribution in [3.05, 3.63) is 60.2 Å². The van der Waals surface area contributed by atoms with E-state index in [1.165, 1.54) is 5.56 Å². The Labute approximate surface area is 141 Å². The van der Waals surface area contributed by atoms with Gasteiger partial charge in [0.15, 0.2) is 0 Å². The quantitative estimate of drug-likeness (QED) is 0.665. The first-order valence-corrected chi connectivity index (χ1v) is 7.86. The van der Waals surface area contributed by atoms with Crippen molar-refractivity contribution in [3.8, 4) is 17.1 Å². The van der Waals surface area contributed by atoms with Crippen LogP contribution in [0.3, 0.4) is 0 Å². The molecule has 2 aromatic heterocycles. The van der Waals surface area contributed by atoms with Gasteiger partial charge in [-0.2, -0.15) is 4.98 Å². The molecular weight excluding hydrogens is 304 g/mol. The first-order chi connectivity index (χ1) is 11.8. The summed E-state index contributed by atoms with van der Waals surface area (Å²) >= 11 is 0. The maximum atomic E-state index is 5.40. The van der Waals surface area contributed by atoms with Crippen molar-refractivity contribution in [1.29, 1.82) is 0 Å². The summed E-state index contributed by atoms with van der Waals surface area (Å²) in [6, 6.07) is 11.6. The number of pyridine rings is 1. The highest BCUT2D eigenvalue weighted by Gasteiger charge is 2.12. The summed E-state index contributed by atoms with van der Waals surface area (Å²) in [5.41, 5.74) is 2.12. The van der Waals surface area contributed by atoms with E-state index in [1.54, 1.807) is 19.5 Å². The third kappa shape index (κ3) is 3.97. The minimum absolute atomic E-state index is 0.590. The molecule has 3 rings (SSSR count). The van der Waals surface area contributed by atoms with Crippen LogP contribution >= 0.6 is 0 Å². The highest BCUT2D eigenvalue weighted by atomic mass is 16.5. The highest BCUT2D eigenvalue weighted by Crippen LogP contribution is 2.20. The van der Waals surface area contributed by atoms with E-state index >= 15 is 0 Å². The predicted molar refractivity (Wildman–Crippen MR) is 90.3 cm³/mol. The molecule has 0 fully saturated rings. The average Bonchev–Trinajstić information content (AvgIpc) is 3.10. The zero-order valence-electron chi connectivity index (χ0n) is 13.8. The van der Waals surface area contributed by atoms with Gasteiger partial charge in [0.05, 0.1) is 13.7 Å². The summed E-state index contributed by atoms with van der Waals surface area (Å²) in [5.74, 6) is 2.00. The highest BCUT2D eigenvalue weighted by molar-refractivity contribution is 5.55. The maximum Gasteiger partial charge on any atom is 0.241 e. The Kier molecular flexibility index (Phi) is 5.18. The molecular formula is C18H20N4O2. The first-order valence-electron chi connectivity index (χ1n) is 7.86. The second-order valence-electron chi connectivity index (χ2n) is 5.40. The van der Waals surface area contributed by atoms with E-state index in [0.29, 0.717) is 18.3 Å². The van der Waals surface area contributed by atoms with Crippen molar-refractivity contribution >= 4 is 0 Å². The zero-order valence-corrected chi connectivity index (χ0v) is 13.8. The molecule has 0 saturated carbocycles. The van der Waals surface area contributed by atoms with Gasteiger partial charge in [-0.3, -0.25) is 9.88 Å². The Morgan fingerprint density at radius 1 is 1.04 bits per heavy atom. The molecule has 2 heterocycles. The summed E-state index contributed by atoms with van der Waals surface area (Å²) in [6.45, 7) is 4.44. The Hall–Kier alpha value is -2.73. The van der Waals surface area contributed by atoms with Crippen molar-refractivity contribution in [1.82, 2.24) is 20.0 Å². The van der Waals surface area contributed by atoms with E-state index in [9.17, 15) is 0 Å². The van der Waals surface area contributed by atoms with Crippen LogP contribution in [0.5, 0.6) is 5.75 Å². The maximum absolute atomic E-state index is 5.40. The summed E-state index contributed by atoms with van der Waals surface area (Å²) in [4.78, 5) is 10.8. The molecule has 6 nitrogen and oxygen atoms in total. The molecule has 6 heteroatoms. The van der Waals surface area contributed by atoms with Crippen LogP contribution in [0.25, 0.3) is 11.4 Å². The molecule has 24 heavy (non-hydrogen) atoms. The van der Waals surface area contributed by atoms with Crippen LogP contribution in [0.15, 0.2) is 53.3 Å². The Morgan fingerprint density at radius 3 is 2.46 bits per heavy atom. The van der Waals surface area contributed by atoms with Gasteiger partial charge in [-0.15, -0.1) is 0 Å². The number of nitrogens with zero attached hydrogens (tertiary/aromatic N) is 4. The van der Waals surface area contributed by atoms with Crippen LogP contribution in [0, 0.1) is 0 Å². The van der Waals surface area contributed by atoms with Gasteiger partial charge in [0, 0.05) is 24.5 Å². The molecule has 0 N–H and O–H groups in total. The van der Waals surface area contributed by atoms with E-state index in [-0.39, 0.29) is 0 Å². The molecule has 0 aliphatic rings. The smallest absolute Gasteiger partial charge is 0.241 e. The van der Waals surface area contributed by atoms with Crippen LogP contribution in [0.1, 0.15) is 18.4 Å². The monoisotopic (exact) mass is 324 g/mol. The topological polar surface area (TPSA) is 64.3 Å². The van der Waals surface area contributed by atoms with Crippen molar-refractivity contribution in [2.24, 2.45) is 0 Å². The molecule has 124 valence electrons. The lowest BCUT2D eigenvalue weighted by atomic mass is 10.2. The predicted octanol–water partition coefficient (Wildman–Crippen LogP) is 3.16. The van der Waals surface area contributed by atoms with E-state index in [2.05, 4.69) is 26.9 Å². The van der Waals surface area contributed by atoms with Crippen LogP contribution in [0.4, 0.5) is 0 Å². The number of hydrogen-bond donors (Lipinski definition) is 0. The Morgan fingerprint density at radius 2 is 1.79 bits per heavy atom. The summed E-state index contributed by atoms with van der Waals surface area (Å²) in [5, 5.41) is 4.07. The summed E-state index contributed by atoms with van der Waals surface area (Å²) < 4.78 is 10.6. The van der Waals surface area contributed by atoms with Gasteiger partial charge >= 0.3 is 0 Å². The SMILES string of the molecule is CCN(Cc1ccncc1)Cc1nc(-c2ccc(OC)cc2)no1. The lowest BCUT2D eigenvalue weighted by Gasteiger charge is -2.17. The lowest BCUT2D eigenvalue weighted by Crippen LogP contribution is -2.22. The number of rotatable bonds is 7. The van der Waals surface area contributed by atoms with Gasteiger partial charge in [0.25, 0.3) is 0 Å². The molecule has 0 radical (unpaired) electrons. The number of aromatic nitrogens is 3. The number of methoxy groups -OCH3 is 1. The van der Waals surface area contributed by atoms with Gasteiger partial charge in [-0.05, 0) is 48.5 Å². The van der Waals surface area contributed by atoms with E-state index < -0.39 is 0 Å². The average molecular weight is 324 g/mol. The third-order valence-electron chi connectivity index (χ3n) is 3.78. The second-order valence-corrected chi connectivity index (χ2v) is 5.40. The molecule has 0 atom stereocenters. The molecule has 3 aromatic rings. The fourth-order valence-corrected chi connectivity index (χ4v) is 2.39. The van der Waals surface area contributed by atoms with Gasteiger partial charge in [0.2, 0.25) is 11.7 Å². The molecule has 0 spiro atoms. The molecule has 0 saturated heterocycles. The van der Waals surface area contributed by atoms with Crippen LogP contribution < -0.4 is 4.74 Å². The number of ether oxygens (including phenoxy) is 1. The standard InChI is InChI=1S/C18H20N4O2/c1-3-22(12-14-8-10-19-11-9-14)13-17-20-18(21-24-17)15-4-6-16(23-2)7-5-15/h4-11H,3,12-13H2,1-2H3. The first kappa shape index (κ1) is 16.1. The minimum atomic E-state index is 0.590.